The quantitative estimate of drug-likeness (QED) is 0.562. The minimum absolute atomic E-state index is 0.630. The fourth-order valence-corrected chi connectivity index (χ4v) is 2.21. The van der Waals surface area contributed by atoms with Crippen molar-refractivity contribution < 1.29 is 0 Å². The first-order valence-electron chi connectivity index (χ1n) is 6.36. The molecule has 1 aromatic carbocycles. The lowest BCUT2D eigenvalue weighted by molar-refractivity contribution is 0.841. The molecule has 0 aliphatic heterocycles. The normalized spacial score (nSPS) is 11.0. The fraction of sp³-hybridized carbons (Fsp3) is 0. The molecule has 0 saturated heterocycles. The highest BCUT2D eigenvalue weighted by atomic mass is 15.3. The zero-order chi connectivity index (χ0) is 14.2. The number of nitrogen functional groups attached to an aromatic ring is 1. The van der Waals surface area contributed by atoms with E-state index in [4.69, 9.17) is 5.73 Å². The molecule has 21 heavy (non-hydrogen) atoms. The number of benzene rings is 1. The van der Waals surface area contributed by atoms with Crippen LogP contribution < -0.4 is 5.73 Å². The Labute approximate surface area is 119 Å². The highest BCUT2D eigenvalue weighted by Gasteiger charge is 2.09. The molecule has 0 amide bonds. The van der Waals surface area contributed by atoms with Gasteiger partial charge in [0.1, 0.15) is 6.33 Å². The van der Waals surface area contributed by atoms with Gasteiger partial charge in [-0.1, -0.05) is 12.1 Å². The van der Waals surface area contributed by atoms with Gasteiger partial charge in [-0.2, -0.15) is 5.10 Å². The number of rotatable bonds is 2. The number of hydrogen-bond acceptors (Lipinski definition) is 5. The maximum Gasteiger partial charge on any atom is 0.205 e. The van der Waals surface area contributed by atoms with E-state index in [-0.39, 0.29) is 0 Å². The summed E-state index contributed by atoms with van der Waals surface area (Å²) in [6.07, 6.45) is 8.78. The van der Waals surface area contributed by atoms with E-state index in [9.17, 15) is 0 Å². The van der Waals surface area contributed by atoms with Crippen molar-refractivity contribution in [1.29, 1.82) is 0 Å². The maximum absolute atomic E-state index is 5.81. The van der Waals surface area contributed by atoms with Crippen molar-refractivity contribution in [2.75, 3.05) is 5.73 Å². The Morgan fingerprint density at radius 2 is 2.10 bits per heavy atom. The zero-order valence-corrected chi connectivity index (χ0v) is 11.0. The second-order valence-electron chi connectivity index (χ2n) is 4.61. The first-order valence-corrected chi connectivity index (χ1v) is 6.36. The van der Waals surface area contributed by atoms with E-state index >= 15 is 0 Å². The first kappa shape index (κ1) is 11.6. The third-order valence-electron chi connectivity index (χ3n) is 3.22. The highest BCUT2D eigenvalue weighted by Crippen LogP contribution is 2.22. The van der Waals surface area contributed by atoms with Crippen LogP contribution >= 0.6 is 0 Å². The molecule has 7 nitrogen and oxygen atoms in total. The van der Waals surface area contributed by atoms with Crippen LogP contribution in [0.25, 0.3) is 22.6 Å². The van der Waals surface area contributed by atoms with Gasteiger partial charge in [0.15, 0.2) is 5.82 Å². The minimum atomic E-state index is 0.630. The van der Waals surface area contributed by atoms with Crippen LogP contribution in [0.2, 0.25) is 0 Å². The molecule has 102 valence electrons. The average molecular weight is 277 g/mol. The van der Waals surface area contributed by atoms with E-state index in [1.165, 1.54) is 0 Å². The van der Waals surface area contributed by atoms with E-state index in [1.54, 1.807) is 34.0 Å². The molecule has 7 heteroatoms. The predicted octanol–water partition coefficient (Wildman–Crippen LogP) is 1.56. The van der Waals surface area contributed by atoms with Gasteiger partial charge in [-0.3, -0.25) is 4.40 Å². The summed E-state index contributed by atoms with van der Waals surface area (Å²) in [4.78, 5) is 4.33. The zero-order valence-electron chi connectivity index (χ0n) is 11.0. The number of anilines is 1. The molecule has 0 spiro atoms. The van der Waals surface area contributed by atoms with Gasteiger partial charge in [0.05, 0.1) is 6.20 Å². The third-order valence-corrected chi connectivity index (χ3v) is 3.22. The maximum atomic E-state index is 5.81. The van der Waals surface area contributed by atoms with Gasteiger partial charge >= 0.3 is 0 Å². The van der Waals surface area contributed by atoms with Crippen LogP contribution in [0.3, 0.4) is 0 Å². The second-order valence-corrected chi connectivity index (χ2v) is 4.61. The summed E-state index contributed by atoms with van der Waals surface area (Å²) < 4.78 is 3.48. The standard InChI is InChI=1S/C14H11N7/c15-12-3-1-2-10(6-12)11-7-18-21(8-11)13-14-19-17-9-20(14)5-4-16-13/h1-9H,15H2. The lowest BCUT2D eigenvalue weighted by atomic mass is 10.1. The Morgan fingerprint density at radius 3 is 3.00 bits per heavy atom. The Balaban J connectivity index is 1.83. The molecule has 3 heterocycles. The molecule has 0 aliphatic rings. The summed E-state index contributed by atoms with van der Waals surface area (Å²) in [7, 11) is 0. The molecule has 3 aromatic heterocycles. The number of fused-ring (bicyclic) bond motifs is 1. The van der Waals surface area contributed by atoms with Crippen molar-refractivity contribution in [3.63, 3.8) is 0 Å². The van der Waals surface area contributed by atoms with Gasteiger partial charge < -0.3 is 5.73 Å². The van der Waals surface area contributed by atoms with Crippen LogP contribution in [0.5, 0.6) is 0 Å². The number of nitrogens with zero attached hydrogens (tertiary/aromatic N) is 6. The molecule has 0 atom stereocenters. The molecular formula is C14H11N7. The number of hydrogen-bond donors (Lipinski definition) is 1. The van der Waals surface area contributed by atoms with Crippen molar-refractivity contribution in [2.45, 2.75) is 0 Å². The summed E-state index contributed by atoms with van der Waals surface area (Å²) in [5.74, 6) is 0.630. The Bertz CT molecular complexity index is 922. The fourth-order valence-electron chi connectivity index (χ4n) is 2.21. The molecule has 0 fully saturated rings. The predicted molar refractivity (Wildman–Crippen MR) is 77.8 cm³/mol. The van der Waals surface area contributed by atoms with Gasteiger partial charge in [-0.15, -0.1) is 10.2 Å². The van der Waals surface area contributed by atoms with E-state index in [0.29, 0.717) is 11.5 Å². The van der Waals surface area contributed by atoms with Crippen molar-refractivity contribution >= 4 is 11.3 Å². The molecule has 0 saturated carbocycles. The summed E-state index contributed by atoms with van der Waals surface area (Å²) in [6.45, 7) is 0. The van der Waals surface area contributed by atoms with Crippen molar-refractivity contribution in [2.24, 2.45) is 0 Å². The second kappa shape index (κ2) is 4.41. The largest absolute Gasteiger partial charge is 0.399 e. The molecular weight excluding hydrogens is 266 g/mol. The molecule has 0 aliphatic carbocycles. The van der Waals surface area contributed by atoms with E-state index in [2.05, 4.69) is 20.3 Å². The Kier molecular flexibility index (Phi) is 2.43. The van der Waals surface area contributed by atoms with Gasteiger partial charge in [0.25, 0.3) is 0 Å². The third kappa shape index (κ3) is 1.91. The van der Waals surface area contributed by atoms with Gasteiger partial charge in [-0.05, 0) is 17.7 Å². The monoisotopic (exact) mass is 277 g/mol. The molecule has 0 unspecified atom stereocenters. The van der Waals surface area contributed by atoms with Crippen molar-refractivity contribution in [3.8, 4) is 16.9 Å². The van der Waals surface area contributed by atoms with Crippen LogP contribution in [0.4, 0.5) is 5.69 Å². The number of nitrogens with two attached hydrogens (primary N) is 1. The summed E-state index contributed by atoms with van der Waals surface area (Å²) >= 11 is 0. The van der Waals surface area contributed by atoms with Crippen LogP contribution in [0.15, 0.2) is 55.4 Å². The minimum Gasteiger partial charge on any atom is -0.399 e. The topological polar surface area (TPSA) is 86.9 Å². The highest BCUT2D eigenvalue weighted by molar-refractivity contribution is 5.66. The molecule has 2 N–H and O–H groups in total. The van der Waals surface area contributed by atoms with Crippen molar-refractivity contribution in [3.05, 3.63) is 55.4 Å². The van der Waals surface area contributed by atoms with Crippen LogP contribution in [-0.2, 0) is 0 Å². The SMILES string of the molecule is Nc1cccc(-c2cnn(-c3nccn4cnnc34)c2)c1. The lowest BCUT2D eigenvalue weighted by Gasteiger charge is -2.01. The van der Waals surface area contributed by atoms with E-state index in [0.717, 1.165) is 16.8 Å². The van der Waals surface area contributed by atoms with E-state index in [1.807, 2.05) is 30.5 Å². The molecule has 0 radical (unpaired) electrons. The van der Waals surface area contributed by atoms with Crippen LogP contribution in [0.1, 0.15) is 0 Å². The Morgan fingerprint density at radius 1 is 1.14 bits per heavy atom. The van der Waals surface area contributed by atoms with Crippen LogP contribution in [-0.4, -0.2) is 29.4 Å². The van der Waals surface area contributed by atoms with Crippen molar-refractivity contribution in [1.82, 2.24) is 29.4 Å². The van der Waals surface area contributed by atoms with Crippen LogP contribution in [0, 0.1) is 0 Å². The van der Waals surface area contributed by atoms with Gasteiger partial charge in [0, 0.05) is 29.8 Å². The average Bonchev–Trinajstić information content (AvgIpc) is 3.16. The molecule has 4 rings (SSSR count). The Hall–Kier alpha value is -3.22. The first-order chi connectivity index (χ1) is 10.3. The smallest absolute Gasteiger partial charge is 0.205 e. The number of aromatic nitrogens is 6. The van der Waals surface area contributed by atoms with E-state index < -0.39 is 0 Å². The lowest BCUT2D eigenvalue weighted by Crippen LogP contribution is -2.01. The van der Waals surface area contributed by atoms with Gasteiger partial charge in [-0.25, -0.2) is 9.67 Å². The molecule has 0 bridgehead atoms. The molecule has 4 aromatic rings. The summed E-state index contributed by atoms with van der Waals surface area (Å²) in [5, 5.41) is 12.3. The summed E-state index contributed by atoms with van der Waals surface area (Å²) in [6, 6.07) is 7.67. The summed E-state index contributed by atoms with van der Waals surface area (Å²) in [5.41, 5.74) is 9.16. The van der Waals surface area contributed by atoms with Gasteiger partial charge in [0.2, 0.25) is 5.65 Å².